The molecule has 2 fully saturated rings. The van der Waals surface area contributed by atoms with E-state index in [0.717, 1.165) is 11.3 Å². The van der Waals surface area contributed by atoms with Gasteiger partial charge in [0.25, 0.3) is 5.91 Å². The minimum atomic E-state index is -0.828. The Balaban J connectivity index is 1.94. The fraction of sp³-hybridized carbons (Fsp3) is 0.438. The second-order valence-corrected chi connectivity index (χ2v) is 5.59. The van der Waals surface area contributed by atoms with Crippen molar-refractivity contribution in [1.29, 1.82) is 5.26 Å². The number of hydrogen-bond acceptors (Lipinski definition) is 5. The first-order chi connectivity index (χ1) is 11.1. The van der Waals surface area contributed by atoms with Crippen molar-refractivity contribution in [1.82, 2.24) is 4.90 Å². The number of carbonyl (C=O) groups excluding carboxylic acids is 2. The number of nitriles is 1. The highest BCUT2D eigenvalue weighted by atomic mass is 16.5. The van der Waals surface area contributed by atoms with E-state index >= 15 is 0 Å². The Morgan fingerprint density at radius 1 is 1.43 bits per heavy atom. The summed E-state index contributed by atoms with van der Waals surface area (Å²) in [4.78, 5) is 27.4. The van der Waals surface area contributed by atoms with E-state index in [1.807, 2.05) is 13.0 Å². The second-order valence-electron chi connectivity index (χ2n) is 5.59. The molecule has 1 aromatic rings. The third-order valence-corrected chi connectivity index (χ3v) is 4.08. The van der Waals surface area contributed by atoms with Crippen LogP contribution < -0.4 is 9.64 Å². The highest BCUT2D eigenvalue weighted by molar-refractivity contribution is 6.21. The van der Waals surface area contributed by atoms with Crippen molar-refractivity contribution in [3.63, 3.8) is 0 Å². The summed E-state index contributed by atoms with van der Waals surface area (Å²) in [6.07, 6.45) is 0.359. The molecule has 3 amide bonds. The van der Waals surface area contributed by atoms with Crippen LogP contribution >= 0.6 is 0 Å². The van der Waals surface area contributed by atoms with E-state index in [9.17, 15) is 14.7 Å². The van der Waals surface area contributed by atoms with Gasteiger partial charge >= 0.3 is 6.03 Å². The van der Waals surface area contributed by atoms with Crippen LogP contribution in [-0.2, 0) is 4.79 Å². The van der Waals surface area contributed by atoms with Crippen molar-refractivity contribution >= 4 is 17.6 Å². The van der Waals surface area contributed by atoms with Gasteiger partial charge in [-0.25, -0.2) is 9.69 Å². The van der Waals surface area contributed by atoms with E-state index < -0.39 is 24.1 Å². The maximum Gasteiger partial charge on any atom is 0.332 e. The summed E-state index contributed by atoms with van der Waals surface area (Å²) in [5, 5.41) is 19.0. The Labute approximate surface area is 133 Å². The normalized spacial score (nSPS) is 23.2. The maximum atomic E-state index is 12.5. The number of amides is 3. The molecule has 0 aromatic heterocycles. The lowest BCUT2D eigenvalue weighted by molar-refractivity contribution is -0.121. The topological polar surface area (TPSA) is 93.9 Å². The van der Waals surface area contributed by atoms with Crippen LogP contribution in [0.3, 0.4) is 0 Å². The van der Waals surface area contributed by atoms with E-state index in [4.69, 9.17) is 10.00 Å². The van der Waals surface area contributed by atoms with E-state index in [1.54, 1.807) is 6.07 Å². The van der Waals surface area contributed by atoms with Gasteiger partial charge < -0.3 is 14.7 Å². The van der Waals surface area contributed by atoms with Gasteiger partial charge in [0, 0.05) is 12.6 Å². The maximum absolute atomic E-state index is 12.5. The molecule has 7 nitrogen and oxygen atoms in total. The zero-order chi connectivity index (χ0) is 16.6. The van der Waals surface area contributed by atoms with Crippen molar-refractivity contribution in [2.75, 3.05) is 18.1 Å². The number of nitrogens with zero attached hydrogens (tertiary/aromatic N) is 3. The van der Waals surface area contributed by atoms with E-state index in [2.05, 4.69) is 0 Å². The summed E-state index contributed by atoms with van der Waals surface area (Å²) in [5.74, 6) is -0.0915. The summed E-state index contributed by atoms with van der Waals surface area (Å²) >= 11 is 0. The molecule has 0 radical (unpaired) electrons. The number of rotatable bonds is 4. The van der Waals surface area contributed by atoms with Crippen molar-refractivity contribution in [2.45, 2.75) is 31.9 Å². The average Bonchev–Trinajstić information content (AvgIpc) is 3.05. The minimum Gasteiger partial charge on any atom is -0.492 e. The Morgan fingerprint density at radius 3 is 2.87 bits per heavy atom. The fourth-order valence-electron chi connectivity index (χ4n) is 2.96. The predicted molar refractivity (Wildman–Crippen MR) is 80.9 cm³/mol. The van der Waals surface area contributed by atoms with Crippen LogP contribution in [0.5, 0.6) is 5.75 Å². The molecule has 2 aliphatic heterocycles. The van der Waals surface area contributed by atoms with Gasteiger partial charge in [0.2, 0.25) is 0 Å². The molecule has 2 heterocycles. The highest BCUT2D eigenvalue weighted by Gasteiger charge is 2.52. The van der Waals surface area contributed by atoms with Crippen LogP contribution in [0.1, 0.15) is 25.3 Å². The number of imide groups is 1. The summed E-state index contributed by atoms with van der Waals surface area (Å²) < 4.78 is 5.53. The molecule has 3 rings (SSSR count). The number of aliphatic hydroxyl groups is 1. The first-order valence-electron chi connectivity index (χ1n) is 7.58. The molecule has 0 saturated carbocycles. The third-order valence-electron chi connectivity index (χ3n) is 4.08. The summed E-state index contributed by atoms with van der Waals surface area (Å²) in [6, 6.07) is 5.38. The molecule has 0 spiro atoms. The number of hydrogen-bond donors (Lipinski definition) is 1. The monoisotopic (exact) mass is 315 g/mol. The Bertz CT molecular complexity index is 697. The summed E-state index contributed by atoms with van der Waals surface area (Å²) in [6.45, 7) is 2.75. The number of aliphatic hydroxyl groups excluding tert-OH is 1. The zero-order valence-corrected chi connectivity index (χ0v) is 12.7. The van der Waals surface area contributed by atoms with Crippen molar-refractivity contribution in [2.24, 2.45) is 0 Å². The first-order valence-corrected chi connectivity index (χ1v) is 7.58. The van der Waals surface area contributed by atoms with Gasteiger partial charge in [0.1, 0.15) is 17.9 Å². The van der Waals surface area contributed by atoms with Gasteiger partial charge in [0.05, 0.1) is 24.0 Å². The number of benzene rings is 1. The molecule has 2 aliphatic rings. The number of carbonyl (C=O) groups is 2. The van der Waals surface area contributed by atoms with Gasteiger partial charge in [-0.2, -0.15) is 5.26 Å². The number of ether oxygens (including phenoxy) is 1. The smallest absolute Gasteiger partial charge is 0.332 e. The average molecular weight is 315 g/mol. The second kappa shape index (κ2) is 5.89. The quantitative estimate of drug-likeness (QED) is 0.844. The molecule has 0 bridgehead atoms. The Morgan fingerprint density at radius 2 is 2.22 bits per heavy atom. The standard InChI is InChI=1S/C16H17N3O4/c1-2-7-23-13-8-11(4-3-10(13)9-17)19-15(21)14-12(20)5-6-18(14)16(19)22/h3-4,8,12,14,20H,2,5-7H2,1H3/t12-,14+/m1/s1. The number of urea groups is 1. The molecule has 23 heavy (non-hydrogen) atoms. The van der Waals surface area contributed by atoms with Gasteiger partial charge in [-0.1, -0.05) is 6.92 Å². The Hall–Kier alpha value is -2.59. The van der Waals surface area contributed by atoms with Gasteiger partial charge in [-0.3, -0.25) is 4.79 Å². The van der Waals surface area contributed by atoms with Crippen LogP contribution in [-0.4, -0.2) is 47.2 Å². The van der Waals surface area contributed by atoms with Crippen LogP contribution in [0.2, 0.25) is 0 Å². The lowest BCUT2D eigenvalue weighted by atomic mass is 10.1. The molecule has 2 atom stereocenters. The van der Waals surface area contributed by atoms with Crippen LogP contribution in [0.4, 0.5) is 10.5 Å². The number of anilines is 1. The predicted octanol–water partition coefficient (Wildman–Crippen LogP) is 1.25. The van der Waals surface area contributed by atoms with E-state index in [1.165, 1.54) is 17.0 Å². The molecule has 1 aromatic carbocycles. The van der Waals surface area contributed by atoms with Crippen LogP contribution in [0.15, 0.2) is 18.2 Å². The van der Waals surface area contributed by atoms with Crippen LogP contribution in [0.25, 0.3) is 0 Å². The lowest BCUT2D eigenvalue weighted by Crippen LogP contribution is -2.36. The van der Waals surface area contributed by atoms with Gasteiger partial charge in [0.15, 0.2) is 0 Å². The largest absolute Gasteiger partial charge is 0.492 e. The van der Waals surface area contributed by atoms with Crippen molar-refractivity contribution in [3.05, 3.63) is 23.8 Å². The number of fused-ring (bicyclic) bond motifs is 1. The molecular formula is C16H17N3O4. The summed E-state index contributed by atoms with van der Waals surface area (Å²) in [5.41, 5.74) is 0.702. The van der Waals surface area contributed by atoms with Gasteiger partial charge in [-0.15, -0.1) is 0 Å². The molecule has 0 aliphatic carbocycles. The molecule has 0 unspecified atom stereocenters. The third kappa shape index (κ3) is 2.41. The van der Waals surface area contributed by atoms with E-state index in [0.29, 0.717) is 36.6 Å². The van der Waals surface area contributed by atoms with Crippen molar-refractivity contribution < 1.29 is 19.4 Å². The molecule has 2 saturated heterocycles. The van der Waals surface area contributed by atoms with Crippen LogP contribution in [0, 0.1) is 11.3 Å². The molecule has 1 N–H and O–H groups in total. The minimum absolute atomic E-state index is 0.347. The van der Waals surface area contributed by atoms with Crippen molar-refractivity contribution in [3.8, 4) is 11.8 Å². The van der Waals surface area contributed by atoms with E-state index in [-0.39, 0.29) is 0 Å². The highest BCUT2D eigenvalue weighted by Crippen LogP contribution is 2.34. The zero-order valence-electron chi connectivity index (χ0n) is 12.7. The summed E-state index contributed by atoms with van der Waals surface area (Å²) in [7, 11) is 0. The molecule has 7 heteroatoms. The lowest BCUT2D eigenvalue weighted by Gasteiger charge is -2.17. The SMILES string of the molecule is CCCOc1cc(N2C(=O)[C@@H]3[C@H](O)CCN3C2=O)ccc1C#N. The molecular weight excluding hydrogens is 298 g/mol. The Kier molecular flexibility index (Phi) is 3.92. The molecule has 120 valence electrons. The first kappa shape index (κ1) is 15.3. The van der Waals surface area contributed by atoms with Gasteiger partial charge in [-0.05, 0) is 25.0 Å². The fourth-order valence-corrected chi connectivity index (χ4v) is 2.96.